The van der Waals surface area contributed by atoms with Crippen molar-refractivity contribution in [2.75, 3.05) is 0 Å². The maximum Gasteiger partial charge on any atom is -0.0297 e. The Hall–Kier alpha value is 0. The molecule has 1 fully saturated rings. The highest BCUT2D eigenvalue weighted by Gasteiger charge is 2.33. The second-order valence-corrected chi connectivity index (χ2v) is 7.26. The van der Waals surface area contributed by atoms with E-state index in [-0.39, 0.29) is 0 Å². The average Bonchev–Trinajstić information content (AvgIpc) is 2.62. The zero-order valence-electron chi connectivity index (χ0n) is 12.2. The molecule has 0 heterocycles. The summed E-state index contributed by atoms with van der Waals surface area (Å²) in [4.78, 5) is 0. The lowest BCUT2D eigenvalue weighted by molar-refractivity contribution is 0.176. The Balaban J connectivity index is 2.44. The highest BCUT2D eigenvalue weighted by Crippen LogP contribution is 2.47. The number of rotatable bonds is 5. The molecule has 0 nitrogen and oxygen atoms in total. The Morgan fingerprint density at radius 2 is 1.62 bits per heavy atom. The van der Waals surface area contributed by atoms with E-state index in [1.54, 1.807) is 0 Å². The zero-order chi connectivity index (χ0) is 12.2. The minimum atomic E-state index is 0.492. The van der Waals surface area contributed by atoms with Gasteiger partial charge in [-0.2, -0.15) is 0 Å². The standard InChI is InChI=1S/C16H32/c1-6-10-16(11-7-8-12-16)13-9-14(2)15(3,4)5/h14H,6-13H2,1-5H3. The van der Waals surface area contributed by atoms with Gasteiger partial charge in [-0.1, -0.05) is 53.9 Å². The summed E-state index contributed by atoms with van der Waals surface area (Å²) in [6.45, 7) is 12.0. The Morgan fingerprint density at radius 1 is 1.06 bits per heavy atom. The first-order valence-corrected chi connectivity index (χ1v) is 7.40. The van der Waals surface area contributed by atoms with Gasteiger partial charge in [0.1, 0.15) is 0 Å². The van der Waals surface area contributed by atoms with Gasteiger partial charge in [0, 0.05) is 0 Å². The van der Waals surface area contributed by atoms with Crippen LogP contribution >= 0.6 is 0 Å². The molecule has 96 valence electrons. The number of hydrogen-bond acceptors (Lipinski definition) is 0. The summed E-state index contributed by atoms with van der Waals surface area (Å²) < 4.78 is 0. The van der Waals surface area contributed by atoms with Gasteiger partial charge in [-0.25, -0.2) is 0 Å². The van der Waals surface area contributed by atoms with E-state index in [2.05, 4.69) is 34.6 Å². The second kappa shape index (κ2) is 5.56. The molecule has 1 aliphatic rings. The van der Waals surface area contributed by atoms with Gasteiger partial charge in [0.2, 0.25) is 0 Å². The van der Waals surface area contributed by atoms with Crippen LogP contribution < -0.4 is 0 Å². The molecule has 16 heavy (non-hydrogen) atoms. The van der Waals surface area contributed by atoms with Crippen molar-refractivity contribution >= 4 is 0 Å². The quantitative estimate of drug-likeness (QED) is 0.553. The van der Waals surface area contributed by atoms with Crippen molar-refractivity contribution in [3.63, 3.8) is 0 Å². The van der Waals surface area contributed by atoms with Crippen LogP contribution in [0.2, 0.25) is 0 Å². The molecule has 1 saturated carbocycles. The third-order valence-corrected chi connectivity index (χ3v) is 5.03. The predicted molar refractivity (Wildman–Crippen MR) is 73.7 cm³/mol. The fraction of sp³-hybridized carbons (Fsp3) is 1.00. The molecule has 0 saturated heterocycles. The second-order valence-electron chi connectivity index (χ2n) is 7.26. The van der Waals surface area contributed by atoms with Crippen LogP contribution in [0, 0.1) is 16.7 Å². The van der Waals surface area contributed by atoms with Crippen LogP contribution in [0.5, 0.6) is 0 Å². The Labute approximate surface area is 103 Å². The van der Waals surface area contributed by atoms with Crippen molar-refractivity contribution in [2.45, 2.75) is 86.0 Å². The fourth-order valence-electron chi connectivity index (χ4n) is 3.24. The molecule has 0 bridgehead atoms. The van der Waals surface area contributed by atoms with E-state index in [1.807, 2.05) is 0 Å². The molecule has 0 heteroatoms. The minimum Gasteiger partial charge on any atom is -0.0654 e. The summed E-state index contributed by atoms with van der Waals surface area (Å²) in [7, 11) is 0. The van der Waals surface area contributed by atoms with Crippen LogP contribution in [-0.2, 0) is 0 Å². The number of hydrogen-bond donors (Lipinski definition) is 0. The van der Waals surface area contributed by atoms with Crippen LogP contribution in [0.25, 0.3) is 0 Å². The van der Waals surface area contributed by atoms with E-state index in [4.69, 9.17) is 0 Å². The van der Waals surface area contributed by atoms with Crippen LogP contribution in [-0.4, -0.2) is 0 Å². The molecule has 0 N–H and O–H groups in total. The minimum absolute atomic E-state index is 0.492. The summed E-state index contributed by atoms with van der Waals surface area (Å²) in [5.41, 5.74) is 1.24. The van der Waals surface area contributed by atoms with Gasteiger partial charge in [-0.15, -0.1) is 0 Å². The van der Waals surface area contributed by atoms with Crippen molar-refractivity contribution in [3.05, 3.63) is 0 Å². The fourth-order valence-corrected chi connectivity index (χ4v) is 3.24. The molecule has 0 aromatic heterocycles. The topological polar surface area (TPSA) is 0 Å². The highest BCUT2D eigenvalue weighted by atomic mass is 14.4. The molecule has 0 aromatic carbocycles. The largest absolute Gasteiger partial charge is 0.0654 e. The molecule has 0 aliphatic heterocycles. The van der Waals surface area contributed by atoms with Gasteiger partial charge in [0.25, 0.3) is 0 Å². The smallest absolute Gasteiger partial charge is 0.0297 e. The molecule has 1 atom stereocenters. The van der Waals surface area contributed by atoms with Crippen molar-refractivity contribution < 1.29 is 0 Å². The third kappa shape index (κ3) is 3.79. The lowest BCUT2D eigenvalue weighted by atomic mass is 9.72. The van der Waals surface area contributed by atoms with Crippen molar-refractivity contribution in [1.82, 2.24) is 0 Å². The molecule has 0 aromatic rings. The Bertz CT molecular complexity index is 191. The Morgan fingerprint density at radius 3 is 2.06 bits per heavy atom. The maximum absolute atomic E-state index is 2.44. The lowest BCUT2D eigenvalue weighted by Gasteiger charge is -2.34. The summed E-state index contributed by atoms with van der Waals surface area (Å²) >= 11 is 0. The van der Waals surface area contributed by atoms with E-state index >= 15 is 0 Å². The third-order valence-electron chi connectivity index (χ3n) is 5.03. The van der Waals surface area contributed by atoms with Crippen LogP contribution in [0.4, 0.5) is 0 Å². The molecule has 0 radical (unpaired) electrons. The van der Waals surface area contributed by atoms with E-state index < -0.39 is 0 Å². The monoisotopic (exact) mass is 224 g/mol. The first-order valence-electron chi connectivity index (χ1n) is 7.40. The predicted octanol–water partition coefficient (Wildman–Crippen LogP) is 5.81. The van der Waals surface area contributed by atoms with E-state index in [1.165, 1.54) is 51.4 Å². The Kier molecular flexibility index (Phi) is 4.88. The molecule has 0 spiro atoms. The van der Waals surface area contributed by atoms with Gasteiger partial charge in [0.05, 0.1) is 0 Å². The first-order chi connectivity index (χ1) is 7.40. The van der Waals surface area contributed by atoms with Crippen LogP contribution in [0.3, 0.4) is 0 Å². The lowest BCUT2D eigenvalue weighted by Crippen LogP contribution is -2.22. The first kappa shape index (κ1) is 14.1. The average molecular weight is 224 g/mol. The molecule has 1 rings (SSSR count). The molecule has 1 unspecified atom stereocenters. The molecule has 1 aliphatic carbocycles. The normalized spacial score (nSPS) is 22.3. The SMILES string of the molecule is CCCC1(CCC(C)C(C)(C)C)CCCC1. The van der Waals surface area contributed by atoms with Gasteiger partial charge in [-0.3, -0.25) is 0 Å². The zero-order valence-corrected chi connectivity index (χ0v) is 12.2. The van der Waals surface area contributed by atoms with Gasteiger partial charge < -0.3 is 0 Å². The van der Waals surface area contributed by atoms with Crippen molar-refractivity contribution in [3.8, 4) is 0 Å². The molecule has 0 amide bonds. The highest BCUT2D eigenvalue weighted by molar-refractivity contribution is 4.85. The van der Waals surface area contributed by atoms with Crippen molar-refractivity contribution in [1.29, 1.82) is 0 Å². The van der Waals surface area contributed by atoms with Gasteiger partial charge >= 0.3 is 0 Å². The van der Waals surface area contributed by atoms with Crippen LogP contribution in [0.15, 0.2) is 0 Å². The molecular weight excluding hydrogens is 192 g/mol. The van der Waals surface area contributed by atoms with E-state index in [0.29, 0.717) is 5.41 Å². The van der Waals surface area contributed by atoms with E-state index in [9.17, 15) is 0 Å². The summed E-state index contributed by atoms with van der Waals surface area (Å²) in [5.74, 6) is 0.863. The summed E-state index contributed by atoms with van der Waals surface area (Å²) in [6.07, 6.45) is 11.8. The van der Waals surface area contributed by atoms with Gasteiger partial charge in [-0.05, 0) is 48.9 Å². The van der Waals surface area contributed by atoms with Gasteiger partial charge in [0.15, 0.2) is 0 Å². The van der Waals surface area contributed by atoms with E-state index in [0.717, 1.165) is 11.3 Å². The summed E-state index contributed by atoms with van der Waals surface area (Å²) in [5, 5.41) is 0. The van der Waals surface area contributed by atoms with Crippen molar-refractivity contribution in [2.24, 2.45) is 16.7 Å². The molecular formula is C16H32. The van der Waals surface area contributed by atoms with Crippen LogP contribution in [0.1, 0.15) is 86.0 Å². The maximum atomic E-state index is 2.44. The summed E-state index contributed by atoms with van der Waals surface area (Å²) in [6, 6.07) is 0.